The molecule has 0 atom stereocenters. The van der Waals surface area contributed by atoms with Gasteiger partial charge in [-0.25, -0.2) is 0 Å². The summed E-state index contributed by atoms with van der Waals surface area (Å²) in [5, 5.41) is 0. The smallest absolute Gasteiger partial charge is 0.0698 e. The summed E-state index contributed by atoms with van der Waals surface area (Å²) in [7, 11) is -0.781. The lowest BCUT2D eigenvalue weighted by Crippen LogP contribution is -3.00. The first kappa shape index (κ1) is 45.1. The van der Waals surface area contributed by atoms with Crippen molar-refractivity contribution in [3.8, 4) is 0 Å². The van der Waals surface area contributed by atoms with E-state index in [-0.39, 0.29) is 24.8 Å². The van der Waals surface area contributed by atoms with Gasteiger partial charge in [-0.05, 0) is 70.9 Å². The van der Waals surface area contributed by atoms with Crippen LogP contribution in [0, 0.1) is 0 Å². The molecule has 0 aromatic heterocycles. The Kier molecular flexibility index (Phi) is 34.3. The van der Waals surface area contributed by atoms with E-state index in [1.165, 1.54) is 167 Å². The topological polar surface area (TPSA) is 3.24 Å². The van der Waals surface area contributed by atoms with E-state index >= 15 is 0 Å². The Morgan fingerprint density at radius 1 is 0.429 bits per heavy atom. The number of nitrogens with zero attached hydrogens (tertiary/aromatic N) is 1. The number of hydrogen-bond acceptors (Lipinski definition) is 1. The Labute approximate surface area is 280 Å². The fraction of sp³-hybridized carbons (Fsp3) is 1.00. The fourth-order valence-corrected chi connectivity index (χ4v) is 13.6. The maximum Gasteiger partial charge on any atom is 0.0698 e. The van der Waals surface area contributed by atoms with Crippen LogP contribution in [-0.4, -0.2) is 48.2 Å². The minimum atomic E-state index is -0.781. The molecule has 0 unspecified atom stereocenters. The lowest BCUT2D eigenvalue weighted by Gasteiger charge is -2.42. The molecule has 1 saturated carbocycles. The molecule has 256 valence electrons. The van der Waals surface area contributed by atoms with Crippen LogP contribution in [0.3, 0.4) is 0 Å². The molecule has 0 saturated heterocycles. The lowest BCUT2D eigenvalue weighted by molar-refractivity contribution is -0.00000924. The first-order valence-electron chi connectivity index (χ1n) is 19.3. The zero-order chi connectivity index (χ0) is 29.2. The molecule has 0 bridgehead atoms. The van der Waals surface area contributed by atoms with Gasteiger partial charge in [-0.1, -0.05) is 144 Å². The summed E-state index contributed by atoms with van der Waals surface area (Å²) < 4.78 is 0. The van der Waals surface area contributed by atoms with Gasteiger partial charge in [0.05, 0.1) is 24.1 Å². The van der Waals surface area contributed by atoms with Crippen molar-refractivity contribution in [2.75, 3.05) is 31.6 Å². The van der Waals surface area contributed by atoms with Gasteiger partial charge in [-0.3, -0.25) is 0 Å². The summed E-state index contributed by atoms with van der Waals surface area (Å²) in [6.07, 6.45) is 43.0. The van der Waals surface area contributed by atoms with E-state index in [0.717, 1.165) is 11.7 Å². The maximum atomic E-state index is 3.02. The molecule has 1 fully saturated rings. The van der Waals surface area contributed by atoms with Gasteiger partial charge in [-0.15, -0.1) is 12.4 Å². The van der Waals surface area contributed by atoms with E-state index in [1.54, 1.807) is 31.3 Å². The van der Waals surface area contributed by atoms with Crippen LogP contribution in [0.1, 0.15) is 202 Å². The first-order chi connectivity index (χ1) is 19.7. The fourth-order valence-electron chi connectivity index (χ4n) is 7.65. The van der Waals surface area contributed by atoms with E-state index < -0.39 is 7.26 Å². The quantitative estimate of drug-likeness (QED) is 0.0574. The molecule has 1 nitrogen and oxygen atoms in total. The van der Waals surface area contributed by atoms with Crippen LogP contribution in [-0.2, 0) is 0 Å². The van der Waals surface area contributed by atoms with Crippen molar-refractivity contribution in [2.24, 2.45) is 0 Å². The van der Waals surface area contributed by atoms with Crippen LogP contribution < -0.4 is 12.4 Å². The zero-order valence-electron chi connectivity index (χ0n) is 29.8. The first-order valence-corrected chi connectivity index (χ1v) is 21.7. The highest BCUT2D eigenvalue weighted by molar-refractivity contribution is 7.76. The van der Waals surface area contributed by atoms with Gasteiger partial charge in [0.1, 0.15) is 0 Å². The van der Waals surface area contributed by atoms with Crippen molar-refractivity contribution >= 4 is 19.7 Å². The molecule has 0 N–H and O–H groups in total. The standard InChI is InChI=1S/C38H79NP.2ClH/c1-6-11-16-18-20-22-24-26-32-39(33-27-25-23-21-19-17-12-7-2)37-28-30-38(31-29-37)40(34-13-8-3,35-14-9-4)36-15-10-5;;/h37-38H,6-36H2,1-5H3;2*1H/q+1;;/p-1. The molecule has 0 radical (unpaired) electrons. The van der Waals surface area contributed by atoms with Crippen molar-refractivity contribution in [3.63, 3.8) is 0 Å². The number of hydrogen-bond donors (Lipinski definition) is 0. The Hall–Kier alpha value is 0.970. The van der Waals surface area contributed by atoms with Crippen molar-refractivity contribution in [1.29, 1.82) is 0 Å². The molecule has 1 aliphatic rings. The SMILES string of the molecule is CCCCCCCCCCN(CCCCCCCCCC)C1CCC([P+](CCCC)(CCCC)CCCC)CC1.Cl.[Cl-]. The molecular weight excluding hydrogens is 572 g/mol. The third-order valence-electron chi connectivity index (χ3n) is 10.4. The highest BCUT2D eigenvalue weighted by atomic mass is 35.5. The normalized spacial score (nSPS) is 17.3. The number of halogens is 2. The van der Waals surface area contributed by atoms with E-state index in [2.05, 4.69) is 39.5 Å². The Morgan fingerprint density at radius 2 is 0.738 bits per heavy atom. The predicted octanol–water partition coefficient (Wildman–Crippen LogP) is 10.7. The van der Waals surface area contributed by atoms with E-state index in [0.29, 0.717) is 0 Å². The van der Waals surface area contributed by atoms with Crippen molar-refractivity contribution in [3.05, 3.63) is 0 Å². The van der Waals surface area contributed by atoms with Gasteiger partial charge in [0.2, 0.25) is 0 Å². The second-order valence-corrected chi connectivity index (χ2v) is 18.4. The monoisotopic (exact) mass is 652 g/mol. The Balaban J connectivity index is 0. The highest BCUT2D eigenvalue weighted by Gasteiger charge is 2.45. The Morgan fingerprint density at radius 3 is 1.07 bits per heavy atom. The number of rotatable bonds is 29. The second-order valence-electron chi connectivity index (χ2n) is 13.9. The van der Waals surface area contributed by atoms with E-state index in [9.17, 15) is 0 Å². The lowest BCUT2D eigenvalue weighted by atomic mass is 9.93. The Bertz CT molecular complexity index is 481. The van der Waals surface area contributed by atoms with Gasteiger partial charge < -0.3 is 17.3 Å². The minimum absolute atomic E-state index is 0. The predicted molar refractivity (Wildman–Crippen MR) is 196 cm³/mol. The molecule has 0 aromatic rings. The summed E-state index contributed by atoms with van der Waals surface area (Å²) in [6.45, 7) is 14.7. The van der Waals surface area contributed by atoms with Crippen LogP contribution in [0.15, 0.2) is 0 Å². The largest absolute Gasteiger partial charge is 1.00 e. The molecule has 4 heteroatoms. The molecule has 0 aromatic carbocycles. The van der Waals surface area contributed by atoms with Crippen LogP contribution in [0.5, 0.6) is 0 Å². The third kappa shape index (κ3) is 20.9. The van der Waals surface area contributed by atoms with Gasteiger partial charge in [-0.2, -0.15) is 0 Å². The summed E-state index contributed by atoms with van der Waals surface area (Å²) in [4.78, 5) is 3.02. The second kappa shape index (κ2) is 31.9. The highest BCUT2D eigenvalue weighted by Crippen LogP contribution is 2.67. The van der Waals surface area contributed by atoms with Crippen LogP contribution in [0.2, 0.25) is 0 Å². The summed E-state index contributed by atoms with van der Waals surface area (Å²) >= 11 is 0. The van der Waals surface area contributed by atoms with Gasteiger partial charge in [0.25, 0.3) is 0 Å². The van der Waals surface area contributed by atoms with Crippen molar-refractivity contribution in [2.45, 2.75) is 213 Å². The molecule has 0 amide bonds. The average Bonchev–Trinajstić information content (AvgIpc) is 2.98. The van der Waals surface area contributed by atoms with Gasteiger partial charge in [0.15, 0.2) is 0 Å². The summed E-state index contributed by atoms with van der Waals surface area (Å²) in [5.74, 6) is 0. The van der Waals surface area contributed by atoms with Crippen LogP contribution in [0.25, 0.3) is 0 Å². The molecule has 1 rings (SSSR count). The van der Waals surface area contributed by atoms with Gasteiger partial charge in [0, 0.05) is 13.3 Å². The summed E-state index contributed by atoms with van der Waals surface area (Å²) in [5.41, 5.74) is 1.11. The van der Waals surface area contributed by atoms with E-state index in [4.69, 9.17) is 0 Å². The molecular formula is C38H80Cl2NP. The molecule has 42 heavy (non-hydrogen) atoms. The van der Waals surface area contributed by atoms with Crippen LogP contribution >= 0.6 is 19.7 Å². The minimum Gasteiger partial charge on any atom is -1.00 e. The van der Waals surface area contributed by atoms with Gasteiger partial charge >= 0.3 is 0 Å². The van der Waals surface area contributed by atoms with Crippen LogP contribution in [0.4, 0.5) is 0 Å². The molecule has 0 spiro atoms. The maximum absolute atomic E-state index is 3.02. The average molecular weight is 653 g/mol. The summed E-state index contributed by atoms with van der Waals surface area (Å²) in [6, 6.07) is 0.899. The molecule has 0 heterocycles. The molecule has 1 aliphatic carbocycles. The zero-order valence-corrected chi connectivity index (χ0v) is 32.2. The van der Waals surface area contributed by atoms with E-state index in [1.807, 2.05) is 0 Å². The third-order valence-corrected chi connectivity index (χ3v) is 16.1. The van der Waals surface area contributed by atoms with Crippen molar-refractivity contribution in [1.82, 2.24) is 4.90 Å². The van der Waals surface area contributed by atoms with Crippen molar-refractivity contribution < 1.29 is 12.4 Å². The number of unbranched alkanes of at least 4 members (excludes halogenated alkanes) is 17. The molecule has 0 aliphatic heterocycles.